The van der Waals surface area contributed by atoms with Crippen LogP contribution < -0.4 is 5.32 Å². The Bertz CT molecular complexity index is 363. The summed E-state index contributed by atoms with van der Waals surface area (Å²) in [6, 6.07) is 0.352. The minimum absolute atomic E-state index is 0.352. The normalized spacial score (nSPS) is 15.9. The molecule has 98 valence electrons. The number of nitrogens with zero attached hydrogens (tertiary/aromatic N) is 1. The number of thiazole rings is 1. The summed E-state index contributed by atoms with van der Waals surface area (Å²) in [6.07, 6.45) is 0. The Balaban J connectivity index is 2.56. The monoisotopic (exact) mass is 254 g/mol. The Morgan fingerprint density at radius 2 is 1.82 bits per heavy atom. The molecular formula is C14H26N2S. The predicted octanol–water partition coefficient (Wildman–Crippen LogP) is 4.09. The summed E-state index contributed by atoms with van der Waals surface area (Å²) in [7, 11) is 0. The van der Waals surface area contributed by atoms with Crippen molar-refractivity contribution in [3.8, 4) is 0 Å². The van der Waals surface area contributed by atoms with Gasteiger partial charge in [-0.15, -0.1) is 11.3 Å². The lowest BCUT2D eigenvalue weighted by Crippen LogP contribution is -2.31. The molecular weight excluding hydrogens is 228 g/mol. The van der Waals surface area contributed by atoms with E-state index in [1.165, 1.54) is 10.6 Å². The average Bonchev–Trinajstić information content (AvgIpc) is 2.52. The first-order valence-electron chi connectivity index (χ1n) is 6.39. The number of aromatic nitrogens is 1. The first-order chi connectivity index (χ1) is 7.71. The minimum Gasteiger partial charge on any atom is -0.309 e. The van der Waals surface area contributed by atoms with E-state index in [0.29, 0.717) is 17.4 Å². The Labute approximate surface area is 110 Å². The first kappa shape index (κ1) is 14.7. The average molecular weight is 254 g/mol. The lowest BCUT2D eigenvalue weighted by atomic mass is 9.82. The maximum atomic E-state index is 4.61. The van der Waals surface area contributed by atoms with Gasteiger partial charge in [0.2, 0.25) is 0 Å². The number of hydrogen-bond acceptors (Lipinski definition) is 3. The van der Waals surface area contributed by atoms with Crippen LogP contribution in [0.15, 0.2) is 0 Å². The molecule has 1 heterocycles. The van der Waals surface area contributed by atoms with Gasteiger partial charge in [-0.3, -0.25) is 0 Å². The van der Waals surface area contributed by atoms with Gasteiger partial charge in [0.05, 0.1) is 10.7 Å². The van der Waals surface area contributed by atoms with E-state index in [1.54, 1.807) is 11.3 Å². The highest BCUT2D eigenvalue weighted by Crippen LogP contribution is 2.26. The van der Waals surface area contributed by atoms with Crippen LogP contribution in [0.3, 0.4) is 0 Å². The zero-order chi connectivity index (χ0) is 13.2. The number of aryl methyl sites for hydroxylation is 2. The van der Waals surface area contributed by atoms with Crippen LogP contribution >= 0.6 is 11.3 Å². The first-order valence-corrected chi connectivity index (χ1v) is 7.20. The molecule has 0 aliphatic heterocycles. The summed E-state index contributed by atoms with van der Waals surface area (Å²) in [6.45, 7) is 16.7. The zero-order valence-corrected chi connectivity index (χ0v) is 13.0. The summed E-state index contributed by atoms with van der Waals surface area (Å²) >= 11 is 1.79. The molecule has 0 saturated carbocycles. The Hall–Kier alpha value is -0.410. The SMILES string of the molecule is Cc1nc(C(C)NCC(C)C(C)(C)C)c(C)s1. The van der Waals surface area contributed by atoms with E-state index in [1.807, 2.05) is 0 Å². The molecule has 0 saturated heterocycles. The van der Waals surface area contributed by atoms with Gasteiger partial charge in [-0.05, 0) is 38.6 Å². The summed E-state index contributed by atoms with van der Waals surface area (Å²) in [5.41, 5.74) is 1.58. The fourth-order valence-electron chi connectivity index (χ4n) is 1.70. The maximum Gasteiger partial charge on any atom is 0.0900 e. The van der Waals surface area contributed by atoms with Gasteiger partial charge in [0.1, 0.15) is 0 Å². The van der Waals surface area contributed by atoms with Crippen molar-refractivity contribution in [2.75, 3.05) is 6.54 Å². The van der Waals surface area contributed by atoms with E-state index < -0.39 is 0 Å². The second kappa shape index (κ2) is 5.49. The van der Waals surface area contributed by atoms with Crippen molar-refractivity contribution in [1.82, 2.24) is 10.3 Å². The van der Waals surface area contributed by atoms with Gasteiger partial charge in [0.25, 0.3) is 0 Å². The molecule has 0 aliphatic rings. The highest BCUT2D eigenvalue weighted by molar-refractivity contribution is 7.11. The third-order valence-corrected chi connectivity index (χ3v) is 4.46. The smallest absolute Gasteiger partial charge is 0.0900 e. The molecule has 0 radical (unpaired) electrons. The molecule has 3 heteroatoms. The van der Waals surface area contributed by atoms with E-state index in [2.05, 4.69) is 58.8 Å². The van der Waals surface area contributed by atoms with Crippen molar-refractivity contribution in [3.05, 3.63) is 15.6 Å². The van der Waals surface area contributed by atoms with Gasteiger partial charge in [-0.25, -0.2) is 4.98 Å². The molecule has 17 heavy (non-hydrogen) atoms. The van der Waals surface area contributed by atoms with Crippen molar-refractivity contribution in [1.29, 1.82) is 0 Å². The molecule has 1 aromatic rings. The van der Waals surface area contributed by atoms with E-state index in [0.717, 1.165) is 11.6 Å². The molecule has 2 unspecified atom stereocenters. The Morgan fingerprint density at radius 3 is 2.24 bits per heavy atom. The van der Waals surface area contributed by atoms with E-state index in [4.69, 9.17) is 0 Å². The Morgan fingerprint density at radius 1 is 1.24 bits per heavy atom. The van der Waals surface area contributed by atoms with Gasteiger partial charge in [0, 0.05) is 10.9 Å². The quantitative estimate of drug-likeness (QED) is 0.875. The third kappa shape index (κ3) is 4.07. The van der Waals surface area contributed by atoms with Gasteiger partial charge in [-0.1, -0.05) is 27.7 Å². The summed E-state index contributed by atoms with van der Waals surface area (Å²) in [5.74, 6) is 0.657. The summed E-state index contributed by atoms with van der Waals surface area (Å²) in [5, 5.41) is 4.77. The molecule has 2 nitrogen and oxygen atoms in total. The third-order valence-electron chi connectivity index (χ3n) is 3.56. The van der Waals surface area contributed by atoms with Crippen LogP contribution in [0.1, 0.15) is 56.2 Å². The molecule has 2 atom stereocenters. The molecule has 1 aromatic heterocycles. The maximum absolute atomic E-state index is 4.61. The summed E-state index contributed by atoms with van der Waals surface area (Å²) < 4.78 is 0. The standard InChI is InChI=1S/C14H26N2S/c1-9(14(5,6)7)8-15-10(2)13-11(3)17-12(4)16-13/h9-10,15H,8H2,1-7H3. The number of rotatable bonds is 4. The van der Waals surface area contributed by atoms with Gasteiger partial charge < -0.3 is 5.32 Å². The Kier molecular flexibility index (Phi) is 4.73. The number of hydrogen-bond donors (Lipinski definition) is 1. The highest BCUT2D eigenvalue weighted by atomic mass is 32.1. The molecule has 0 amide bonds. The van der Waals surface area contributed by atoms with Crippen LogP contribution in [0, 0.1) is 25.2 Å². The fourth-order valence-corrected chi connectivity index (χ4v) is 2.62. The van der Waals surface area contributed by atoms with Crippen LogP contribution in [0.5, 0.6) is 0 Å². The molecule has 1 rings (SSSR count). The van der Waals surface area contributed by atoms with Crippen LogP contribution in [-0.4, -0.2) is 11.5 Å². The van der Waals surface area contributed by atoms with Crippen molar-refractivity contribution >= 4 is 11.3 Å². The minimum atomic E-state index is 0.352. The lowest BCUT2D eigenvalue weighted by Gasteiger charge is -2.28. The highest BCUT2D eigenvalue weighted by Gasteiger charge is 2.21. The van der Waals surface area contributed by atoms with Crippen LogP contribution in [0.2, 0.25) is 0 Å². The van der Waals surface area contributed by atoms with E-state index in [9.17, 15) is 0 Å². The van der Waals surface area contributed by atoms with E-state index in [-0.39, 0.29) is 0 Å². The van der Waals surface area contributed by atoms with Crippen molar-refractivity contribution in [2.24, 2.45) is 11.3 Å². The zero-order valence-electron chi connectivity index (χ0n) is 12.2. The van der Waals surface area contributed by atoms with Crippen molar-refractivity contribution in [3.63, 3.8) is 0 Å². The van der Waals surface area contributed by atoms with Crippen LogP contribution in [0.4, 0.5) is 0 Å². The topological polar surface area (TPSA) is 24.9 Å². The lowest BCUT2D eigenvalue weighted by molar-refractivity contribution is 0.246. The van der Waals surface area contributed by atoms with Crippen LogP contribution in [0.25, 0.3) is 0 Å². The molecule has 1 N–H and O–H groups in total. The molecule has 0 fully saturated rings. The van der Waals surface area contributed by atoms with Gasteiger partial charge in [-0.2, -0.15) is 0 Å². The van der Waals surface area contributed by atoms with E-state index >= 15 is 0 Å². The largest absolute Gasteiger partial charge is 0.309 e. The molecule has 0 aromatic carbocycles. The van der Waals surface area contributed by atoms with Gasteiger partial charge >= 0.3 is 0 Å². The number of nitrogens with one attached hydrogen (secondary N) is 1. The van der Waals surface area contributed by atoms with Crippen molar-refractivity contribution < 1.29 is 0 Å². The molecule has 0 bridgehead atoms. The van der Waals surface area contributed by atoms with Crippen LogP contribution in [-0.2, 0) is 0 Å². The van der Waals surface area contributed by atoms with Gasteiger partial charge in [0.15, 0.2) is 0 Å². The summed E-state index contributed by atoms with van der Waals surface area (Å²) in [4.78, 5) is 5.95. The van der Waals surface area contributed by atoms with Crippen molar-refractivity contribution in [2.45, 2.75) is 54.5 Å². The molecule has 0 spiro atoms. The second-order valence-corrected chi connectivity index (χ2v) is 7.48. The molecule has 0 aliphatic carbocycles. The predicted molar refractivity (Wildman–Crippen MR) is 76.6 cm³/mol. The fraction of sp³-hybridized carbons (Fsp3) is 0.786. The second-order valence-electron chi connectivity index (χ2n) is 6.07.